The minimum atomic E-state index is -0.909. The van der Waals surface area contributed by atoms with E-state index in [-0.39, 0.29) is 49.8 Å². The van der Waals surface area contributed by atoms with E-state index >= 15 is 0 Å². The third kappa shape index (κ3) is 9.58. The van der Waals surface area contributed by atoms with Crippen LogP contribution in [-0.4, -0.2) is 48.7 Å². The van der Waals surface area contributed by atoms with Crippen molar-refractivity contribution in [2.24, 2.45) is 5.73 Å². The Labute approximate surface area is 337 Å². The van der Waals surface area contributed by atoms with Crippen LogP contribution >= 0.6 is 0 Å². The van der Waals surface area contributed by atoms with Gasteiger partial charge in [0.2, 0.25) is 11.6 Å². The summed E-state index contributed by atoms with van der Waals surface area (Å²) in [5.41, 5.74) is 10.9. The molecule has 0 radical (unpaired) electrons. The number of hydrogen-bond acceptors (Lipinski definition) is 6. The van der Waals surface area contributed by atoms with Crippen LogP contribution in [0.4, 0.5) is 0 Å². The molecule has 0 aromatic heterocycles. The Bertz CT molecular complexity index is 1840. The first-order valence-electron chi connectivity index (χ1n) is 20.8. The van der Waals surface area contributed by atoms with Crippen molar-refractivity contribution in [3.63, 3.8) is 0 Å². The first kappa shape index (κ1) is 44.3. The fourth-order valence-electron chi connectivity index (χ4n) is 7.10. The minimum absolute atomic E-state index is 0.0406. The fourth-order valence-corrected chi connectivity index (χ4v) is 7.10. The maximum absolute atomic E-state index is 14.2. The van der Waals surface area contributed by atoms with Crippen molar-refractivity contribution in [3.8, 4) is 11.5 Å². The van der Waals surface area contributed by atoms with Crippen LogP contribution in [0.5, 0.6) is 11.5 Å². The normalized spacial score (nSPS) is 13.9. The number of allylic oxidation sites excluding steroid dienone is 1. The number of primary amides is 1. The second-order valence-corrected chi connectivity index (χ2v) is 18.1. The zero-order valence-corrected chi connectivity index (χ0v) is 36.4. The highest BCUT2D eigenvalue weighted by molar-refractivity contribution is 6.35. The van der Waals surface area contributed by atoms with Gasteiger partial charge in [0.15, 0.2) is 0 Å². The SMILES string of the molecule is CCC(C)(C)c1ccc(OCCCN(CCCOc2ccc(C(C)(C)CC)cc2C(C)(C)CC)C2=C(C(N)=O)C(=O)c3ccccc3C2=O)c(C(C)(C)CC)c1. The van der Waals surface area contributed by atoms with E-state index in [2.05, 4.69) is 119 Å². The molecule has 0 spiro atoms. The van der Waals surface area contributed by atoms with E-state index in [4.69, 9.17) is 15.2 Å². The van der Waals surface area contributed by atoms with Crippen LogP contribution in [0.3, 0.4) is 0 Å². The molecule has 7 heteroatoms. The predicted molar refractivity (Wildman–Crippen MR) is 229 cm³/mol. The van der Waals surface area contributed by atoms with Gasteiger partial charge in [0.25, 0.3) is 5.91 Å². The van der Waals surface area contributed by atoms with Gasteiger partial charge < -0.3 is 20.1 Å². The van der Waals surface area contributed by atoms with Crippen LogP contribution in [0, 0.1) is 0 Å². The lowest BCUT2D eigenvalue weighted by molar-refractivity contribution is -0.114. The molecular formula is C49H68N2O5. The molecule has 0 heterocycles. The quantitative estimate of drug-likeness (QED) is 0.0908. The van der Waals surface area contributed by atoms with Gasteiger partial charge in [-0.05, 0) is 83.4 Å². The Kier molecular flexibility index (Phi) is 14.1. The molecule has 0 aliphatic heterocycles. The van der Waals surface area contributed by atoms with E-state index in [1.54, 1.807) is 24.3 Å². The Morgan fingerprint density at radius 2 is 0.982 bits per heavy atom. The predicted octanol–water partition coefficient (Wildman–Crippen LogP) is 10.8. The Balaban J connectivity index is 1.62. The van der Waals surface area contributed by atoms with Crippen molar-refractivity contribution < 1.29 is 23.9 Å². The summed E-state index contributed by atoms with van der Waals surface area (Å²) < 4.78 is 13.0. The topological polar surface area (TPSA) is 98.9 Å². The van der Waals surface area contributed by atoms with Crippen LogP contribution < -0.4 is 15.2 Å². The van der Waals surface area contributed by atoms with E-state index in [9.17, 15) is 14.4 Å². The number of amides is 1. The van der Waals surface area contributed by atoms with Gasteiger partial charge in [-0.25, -0.2) is 0 Å². The molecule has 3 aromatic rings. The van der Waals surface area contributed by atoms with E-state index < -0.39 is 11.7 Å². The number of Topliss-reactive ketones (excluding diaryl/α,β-unsaturated/α-hetero) is 2. The zero-order valence-electron chi connectivity index (χ0n) is 36.4. The second-order valence-electron chi connectivity index (χ2n) is 18.1. The first-order chi connectivity index (χ1) is 26.3. The summed E-state index contributed by atoms with van der Waals surface area (Å²) in [4.78, 5) is 42.7. The molecule has 1 amide bonds. The molecule has 56 heavy (non-hydrogen) atoms. The van der Waals surface area contributed by atoms with Crippen LogP contribution in [0.15, 0.2) is 71.9 Å². The Morgan fingerprint density at radius 3 is 1.36 bits per heavy atom. The minimum Gasteiger partial charge on any atom is -0.493 e. The van der Waals surface area contributed by atoms with Crippen molar-refractivity contribution in [2.75, 3.05) is 26.3 Å². The number of fused-ring (bicyclic) bond motifs is 1. The summed E-state index contributed by atoms with van der Waals surface area (Å²) in [6.45, 7) is 28.4. The maximum Gasteiger partial charge on any atom is 0.254 e. The number of ether oxygens (including phenoxy) is 2. The molecule has 304 valence electrons. The smallest absolute Gasteiger partial charge is 0.254 e. The van der Waals surface area contributed by atoms with Crippen LogP contribution in [0.25, 0.3) is 0 Å². The molecule has 3 aromatic carbocycles. The number of rotatable bonds is 20. The van der Waals surface area contributed by atoms with E-state index in [0.717, 1.165) is 37.2 Å². The fraction of sp³-hybridized carbons (Fsp3) is 0.531. The molecule has 0 saturated heterocycles. The molecule has 0 bridgehead atoms. The van der Waals surface area contributed by atoms with Crippen molar-refractivity contribution in [2.45, 2.75) is 143 Å². The lowest BCUT2D eigenvalue weighted by Gasteiger charge is -2.32. The summed E-state index contributed by atoms with van der Waals surface area (Å²) in [6, 6.07) is 19.7. The van der Waals surface area contributed by atoms with Crippen molar-refractivity contribution in [3.05, 3.63) is 105 Å². The first-order valence-corrected chi connectivity index (χ1v) is 20.8. The van der Waals surface area contributed by atoms with E-state index in [1.807, 2.05) is 4.90 Å². The number of nitrogens with zero attached hydrogens (tertiary/aromatic N) is 1. The standard InChI is InChI=1S/C49H68N2O5/c1-13-46(5,6)33-23-25-39(37(31-33)48(9,10)15-3)55-29-19-27-51(42-41(45(50)54)43(52)35-21-17-18-22-36(35)44(42)53)28-20-30-56-40-26-24-34(47(7,8)14-2)32-38(40)49(11,12)16-4/h17-18,21-26,31-32H,13-16,19-20,27-30H2,1-12H3,(H2,50,54). The summed E-state index contributed by atoms with van der Waals surface area (Å²) in [6.07, 6.45) is 5.03. The van der Waals surface area contributed by atoms with Crippen molar-refractivity contribution in [1.29, 1.82) is 0 Å². The third-order valence-corrected chi connectivity index (χ3v) is 12.8. The summed E-state index contributed by atoms with van der Waals surface area (Å²) in [5.74, 6) is -0.113. The monoisotopic (exact) mass is 765 g/mol. The second kappa shape index (κ2) is 17.8. The number of carbonyl (C=O) groups excluding carboxylic acids is 3. The number of carbonyl (C=O) groups is 3. The van der Waals surface area contributed by atoms with E-state index in [0.29, 0.717) is 39.1 Å². The van der Waals surface area contributed by atoms with Gasteiger partial charge in [0, 0.05) is 35.3 Å². The number of nitrogens with two attached hydrogens (primary N) is 1. The lowest BCUT2D eigenvalue weighted by Crippen LogP contribution is -2.39. The van der Waals surface area contributed by atoms with Gasteiger partial charge in [-0.15, -0.1) is 0 Å². The van der Waals surface area contributed by atoms with E-state index in [1.165, 1.54) is 22.3 Å². The highest BCUT2D eigenvalue weighted by atomic mass is 16.5. The van der Waals surface area contributed by atoms with Crippen molar-refractivity contribution in [1.82, 2.24) is 4.90 Å². The highest BCUT2D eigenvalue weighted by Crippen LogP contribution is 2.40. The summed E-state index contributed by atoms with van der Waals surface area (Å²) in [7, 11) is 0. The largest absolute Gasteiger partial charge is 0.493 e. The molecule has 1 aliphatic carbocycles. The summed E-state index contributed by atoms with van der Waals surface area (Å²) in [5, 5.41) is 0. The molecule has 0 fully saturated rings. The van der Waals surface area contributed by atoms with Crippen molar-refractivity contribution >= 4 is 17.5 Å². The third-order valence-electron chi connectivity index (χ3n) is 12.8. The van der Waals surface area contributed by atoms with Crippen LogP contribution in [0.1, 0.15) is 165 Å². The average Bonchev–Trinajstić information content (AvgIpc) is 3.18. The molecule has 4 rings (SSSR count). The lowest BCUT2D eigenvalue weighted by atomic mass is 9.76. The maximum atomic E-state index is 14.2. The molecule has 0 atom stereocenters. The van der Waals surface area contributed by atoms with Gasteiger partial charge in [0.1, 0.15) is 22.8 Å². The average molecular weight is 765 g/mol. The van der Waals surface area contributed by atoms with Crippen LogP contribution in [0.2, 0.25) is 0 Å². The van der Waals surface area contributed by atoms with Gasteiger partial charge in [-0.1, -0.05) is 132 Å². The molecular weight excluding hydrogens is 697 g/mol. The number of ketones is 2. The van der Waals surface area contributed by atoms with Gasteiger partial charge >= 0.3 is 0 Å². The number of benzene rings is 3. The highest BCUT2D eigenvalue weighted by Gasteiger charge is 2.37. The molecule has 7 nitrogen and oxygen atoms in total. The summed E-state index contributed by atoms with van der Waals surface area (Å²) >= 11 is 0. The van der Waals surface area contributed by atoms with Gasteiger partial charge in [-0.2, -0.15) is 0 Å². The van der Waals surface area contributed by atoms with Gasteiger partial charge in [-0.3, -0.25) is 14.4 Å². The van der Waals surface area contributed by atoms with Gasteiger partial charge in [0.05, 0.1) is 13.2 Å². The Morgan fingerprint density at radius 1 is 0.589 bits per heavy atom. The zero-order chi connectivity index (χ0) is 41.6. The Hall–Kier alpha value is -4.39. The molecule has 2 N–H and O–H groups in total. The number of hydrogen-bond donors (Lipinski definition) is 1. The molecule has 0 saturated carbocycles. The molecule has 0 unspecified atom stereocenters. The van der Waals surface area contributed by atoms with Crippen LogP contribution in [-0.2, 0) is 26.5 Å². The molecule has 1 aliphatic rings.